The van der Waals surface area contributed by atoms with Gasteiger partial charge >= 0.3 is 0 Å². The van der Waals surface area contributed by atoms with Crippen LogP contribution in [0.3, 0.4) is 0 Å². The Hall–Kier alpha value is -2.47. The zero-order chi connectivity index (χ0) is 20.9. The van der Waals surface area contributed by atoms with Gasteiger partial charge in [0.2, 0.25) is 0 Å². The van der Waals surface area contributed by atoms with Gasteiger partial charge in [-0.05, 0) is 55.7 Å². The monoisotopic (exact) mass is 432 g/mol. The zero-order valence-electron chi connectivity index (χ0n) is 18.0. The minimum absolute atomic E-state index is 0.133. The van der Waals surface area contributed by atoms with Gasteiger partial charge in [-0.1, -0.05) is 25.1 Å². The van der Waals surface area contributed by atoms with Gasteiger partial charge < -0.3 is 9.80 Å². The number of fused-ring (bicyclic) bond motifs is 3. The van der Waals surface area contributed by atoms with Crippen LogP contribution in [-0.2, 0) is 12.8 Å². The lowest BCUT2D eigenvalue weighted by Gasteiger charge is -2.36. The van der Waals surface area contributed by atoms with Crippen molar-refractivity contribution in [2.75, 3.05) is 31.1 Å². The molecule has 3 aliphatic rings. The van der Waals surface area contributed by atoms with E-state index in [9.17, 15) is 4.79 Å². The van der Waals surface area contributed by atoms with Crippen LogP contribution < -0.4 is 4.90 Å². The molecule has 31 heavy (non-hydrogen) atoms. The van der Waals surface area contributed by atoms with Crippen molar-refractivity contribution >= 4 is 33.3 Å². The van der Waals surface area contributed by atoms with Crippen LogP contribution >= 0.6 is 11.3 Å². The maximum atomic E-state index is 12.9. The maximum Gasteiger partial charge on any atom is 0.253 e. The molecule has 3 heterocycles. The van der Waals surface area contributed by atoms with Gasteiger partial charge in [0.1, 0.15) is 16.5 Å². The SMILES string of the molecule is C[C@@H]1CCc2c(sc3nc(C4CC4)nc(N4CCN(C(=O)c5ccccc5)CC4)c23)C1. The standard InChI is InChI=1S/C25H28N4OS/c1-16-7-10-19-20(15-16)31-24-21(19)23(26-22(27-24)17-8-9-17)28-11-13-29(14-12-28)25(30)18-5-3-2-4-6-18/h2-6,16-17H,7-15H2,1H3/t16-/m1/s1. The quantitative estimate of drug-likeness (QED) is 0.604. The van der Waals surface area contributed by atoms with Crippen molar-refractivity contribution in [3.05, 3.63) is 52.2 Å². The van der Waals surface area contributed by atoms with Crippen LogP contribution in [0.5, 0.6) is 0 Å². The van der Waals surface area contributed by atoms with E-state index < -0.39 is 0 Å². The highest BCUT2D eigenvalue weighted by Crippen LogP contribution is 2.44. The Morgan fingerprint density at radius 2 is 1.81 bits per heavy atom. The number of carbonyl (C=O) groups is 1. The molecule has 0 bridgehead atoms. The number of nitrogens with zero attached hydrogens (tertiary/aromatic N) is 4. The predicted molar refractivity (Wildman–Crippen MR) is 125 cm³/mol. The summed E-state index contributed by atoms with van der Waals surface area (Å²) in [5.41, 5.74) is 2.27. The third kappa shape index (κ3) is 3.51. The molecule has 2 aromatic heterocycles. The average molecular weight is 433 g/mol. The summed E-state index contributed by atoms with van der Waals surface area (Å²) in [4.78, 5) is 30.1. The van der Waals surface area contributed by atoms with Crippen LogP contribution in [-0.4, -0.2) is 47.0 Å². The van der Waals surface area contributed by atoms with Gasteiger partial charge in [-0.3, -0.25) is 4.79 Å². The van der Waals surface area contributed by atoms with Crippen molar-refractivity contribution < 1.29 is 4.79 Å². The number of thiophene rings is 1. The fourth-order valence-electron chi connectivity index (χ4n) is 4.98. The number of rotatable bonds is 3. The highest BCUT2D eigenvalue weighted by Gasteiger charge is 2.32. The Balaban J connectivity index is 1.31. The third-order valence-electron chi connectivity index (χ3n) is 6.98. The Kier molecular flexibility index (Phi) is 4.71. The molecule has 5 nitrogen and oxygen atoms in total. The van der Waals surface area contributed by atoms with Gasteiger partial charge in [0.15, 0.2) is 0 Å². The van der Waals surface area contributed by atoms with Crippen molar-refractivity contribution in [2.24, 2.45) is 5.92 Å². The molecule has 1 aliphatic heterocycles. The molecule has 1 aromatic carbocycles. The lowest BCUT2D eigenvalue weighted by Crippen LogP contribution is -2.49. The van der Waals surface area contributed by atoms with Gasteiger partial charge in [-0.15, -0.1) is 11.3 Å². The summed E-state index contributed by atoms with van der Waals surface area (Å²) < 4.78 is 0. The van der Waals surface area contributed by atoms with Crippen molar-refractivity contribution in [1.82, 2.24) is 14.9 Å². The van der Waals surface area contributed by atoms with Crippen molar-refractivity contribution in [2.45, 2.75) is 44.9 Å². The van der Waals surface area contributed by atoms with Crippen LogP contribution in [0, 0.1) is 5.92 Å². The fraction of sp³-hybridized carbons (Fsp3) is 0.480. The first-order valence-electron chi connectivity index (χ1n) is 11.6. The van der Waals surface area contributed by atoms with Gasteiger partial charge in [-0.2, -0.15) is 0 Å². The molecule has 0 N–H and O–H groups in total. The highest BCUT2D eigenvalue weighted by atomic mass is 32.1. The van der Waals surface area contributed by atoms with Crippen LogP contribution in [0.15, 0.2) is 30.3 Å². The highest BCUT2D eigenvalue weighted by molar-refractivity contribution is 7.19. The molecule has 2 aliphatic carbocycles. The number of amides is 1. The Labute approximate surface area is 187 Å². The largest absolute Gasteiger partial charge is 0.352 e. The van der Waals surface area contributed by atoms with Gasteiger partial charge in [-0.25, -0.2) is 9.97 Å². The number of aromatic nitrogens is 2. The third-order valence-corrected chi connectivity index (χ3v) is 8.13. The van der Waals surface area contributed by atoms with Crippen LogP contribution in [0.4, 0.5) is 5.82 Å². The number of carbonyl (C=O) groups excluding carboxylic acids is 1. The van der Waals surface area contributed by atoms with Crippen LogP contribution in [0.1, 0.15) is 58.7 Å². The minimum Gasteiger partial charge on any atom is -0.352 e. The van der Waals surface area contributed by atoms with E-state index in [4.69, 9.17) is 9.97 Å². The molecule has 1 saturated heterocycles. The molecule has 3 aromatic rings. The number of piperazine rings is 1. The molecular weight excluding hydrogens is 404 g/mol. The molecule has 6 rings (SSSR count). The molecule has 6 heteroatoms. The summed E-state index contributed by atoms with van der Waals surface area (Å²) >= 11 is 1.90. The van der Waals surface area contributed by atoms with Crippen molar-refractivity contribution in [3.8, 4) is 0 Å². The molecule has 1 saturated carbocycles. The first-order chi connectivity index (χ1) is 15.2. The van der Waals surface area contributed by atoms with E-state index in [1.807, 2.05) is 46.6 Å². The second-order valence-electron chi connectivity index (χ2n) is 9.36. The maximum absolute atomic E-state index is 12.9. The molecule has 1 atom stereocenters. The summed E-state index contributed by atoms with van der Waals surface area (Å²) in [6.45, 7) is 5.49. The number of anilines is 1. The summed E-state index contributed by atoms with van der Waals surface area (Å²) in [5.74, 6) is 3.60. The lowest BCUT2D eigenvalue weighted by molar-refractivity contribution is 0.0746. The molecular formula is C25H28N4OS. The Morgan fingerprint density at radius 3 is 2.55 bits per heavy atom. The minimum atomic E-state index is 0.133. The lowest BCUT2D eigenvalue weighted by atomic mass is 9.89. The summed E-state index contributed by atoms with van der Waals surface area (Å²) in [6, 6.07) is 9.63. The number of benzene rings is 1. The van der Waals surface area contributed by atoms with E-state index in [0.717, 1.165) is 55.7 Å². The second kappa shape index (κ2) is 7.59. The van der Waals surface area contributed by atoms with E-state index in [2.05, 4.69) is 11.8 Å². The molecule has 0 spiro atoms. The van der Waals surface area contributed by atoms with Gasteiger partial charge in [0, 0.05) is 42.5 Å². The number of hydrogen-bond acceptors (Lipinski definition) is 5. The Bertz CT molecular complexity index is 1130. The smallest absolute Gasteiger partial charge is 0.253 e. The second-order valence-corrected chi connectivity index (χ2v) is 10.4. The number of hydrogen-bond donors (Lipinski definition) is 0. The van der Waals surface area contributed by atoms with Crippen LogP contribution in [0.25, 0.3) is 10.2 Å². The zero-order valence-corrected chi connectivity index (χ0v) is 18.8. The predicted octanol–water partition coefficient (Wildman–Crippen LogP) is 4.66. The first-order valence-corrected chi connectivity index (χ1v) is 12.4. The van der Waals surface area contributed by atoms with Crippen LogP contribution in [0.2, 0.25) is 0 Å². The normalized spacial score (nSPS) is 21.4. The molecule has 160 valence electrons. The molecule has 0 radical (unpaired) electrons. The first kappa shape index (κ1) is 19.2. The number of aryl methyl sites for hydroxylation is 1. The Morgan fingerprint density at radius 1 is 1.03 bits per heavy atom. The van der Waals surface area contributed by atoms with Crippen molar-refractivity contribution in [3.63, 3.8) is 0 Å². The van der Waals surface area contributed by atoms with Gasteiger partial charge in [0.25, 0.3) is 5.91 Å². The average Bonchev–Trinajstić information content (AvgIpc) is 3.59. The topological polar surface area (TPSA) is 49.3 Å². The van der Waals surface area contributed by atoms with E-state index in [-0.39, 0.29) is 5.91 Å². The summed E-state index contributed by atoms with van der Waals surface area (Å²) in [6.07, 6.45) is 6.00. The van der Waals surface area contributed by atoms with E-state index in [1.54, 1.807) is 0 Å². The van der Waals surface area contributed by atoms with Gasteiger partial charge in [0.05, 0.1) is 5.39 Å². The fourth-order valence-corrected chi connectivity index (χ4v) is 6.36. The van der Waals surface area contributed by atoms with E-state index >= 15 is 0 Å². The van der Waals surface area contributed by atoms with E-state index in [0.29, 0.717) is 5.92 Å². The summed E-state index contributed by atoms with van der Waals surface area (Å²) in [5, 5.41) is 1.30. The van der Waals surface area contributed by atoms with Crippen molar-refractivity contribution in [1.29, 1.82) is 0 Å². The molecule has 0 unspecified atom stereocenters. The summed E-state index contributed by atoms with van der Waals surface area (Å²) in [7, 11) is 0. The van der Waals surface area contributed by atoms with E-state index in [1.165, 1.54) is 46.3 Å². The molecule has 1 amide bonds. The molecule has 2 fully saturated rings.